The Hall–Kier alpha value is -2.44. The van der Waals surface area contributed by atoms with E-state index in [0.29, 0.717) is 24.7 Å². The second kappa shape index (κ2) is 6.13. The predicted octanol–water partition coefficient (Wildman–Crippen LogP) is 1.92. The topological polar surface area (TPSA) is 71.3 Å². The van der Waals surface area contributed by atoms with E-state index in [1.807, 2.05) is 4.90 Å². The van der Waals surface area contributed by atoms with E-state index in [4.69, 9.17) is 4.52 Å². The molecule has 1 N–H and O–H groups in total. The first-order chi connectivity index (χ1) is 10.6. The number of piperidine rings is 1. The minimum atomic E-state index is -0.317. The number of carbonyl (C=O) groups excluding carboxylic acids is 1. The van der Waals surface area contributed by atoms with Gasteiger partial charge in [0.2, 0.25) is 0 Å². The van der Waals surface area contributed by atoms with Crippen LogP contribution in [-0.4, -0.2) is 35.2 Å². The fourth-order valence-corrected chi connectivity index (χ4v) is 2.58. The third-order valence-electron chi connectivity index (χ3n) is 3.73. The molecule has 0 radical (unpaired) electrons. The van der Waals surface area contributed by atoms with E-state index in [1.54, 1.807) is 25.3 Å². The van der Waals surface area contributed by atoms with Crippen molar-refractivity contribution in [3.63, 3.8) is 0 Å². The molecule has 3 rings (SSSR count). The van der Waals surface area contributed by atoms with Gasteiger partial charge in [0.1, 0.15) is 5.76 Å². The monoisotopic (exact) mass is 304 g/mol. The summed E-state index contributed by atoms with van der Waals surface area (Å²) in [6.45, 7) is 3.04. The number of rotatable bonds is 3. The Bertz CT molecular complexity index is 665. The van der Waals surface area contributed by atoms with Crippen LogP contribution in [0.5, 0.6) is 0 Å². The molecule has 1 saturated heterocycles. The van der Waals surface area contributed by atoms with Gasteiger partial charge in [-0.1, -0.05) is 5.16 Å². The van der Waals surface area contributed by atoms with Crippen LogP contribution in [-0.2, 0) is 0 Å². The van der Waals surface area contributed by atoms with E-state index in [-0.39, 0.29) is 23.5 Å². The summed E-state index contributed by atoms with van der Waals surface area (Å²) in [5.74, 6) is 0.423. The van der Waals surface area contributed by atoms with Crippen LogP contribution in [0.15, 0.2) is 28.9 Å². The van der Waals surface area contributed by atoms with Gasteiger partial charge < -0.3 is 14.7 Å². The predicted molar refractivity (Wildman–Crippen MR) is 78.1 cm³/mol. The van der Waals surface area contributed by atoms with E-state index in [0.717, 1.165) is 12.8 Å². The molecule has 0 saturated carbocycles. The summed E-state index contributed by atoms with van der Waals surface area (Å²) in [6, 6.07) is 4.63. The summed E-state index contributed by atoms with van der Waals surface area (Å²) < 4.78 is 18.6. The number of hydrogen-bond donors (Lipinski definition) is 1. The molecule has 2 aromatic heterocycles. The van der Waals surface area contributed by atoms with Crippen molar-refractivity contribution in [1.82, 2.24) is 15.5 Å². The second-order valence-electron chi connectivity index (χ2n) is 5.37. The van der Waals surface area contributed by atoms with Crippen molar-refractivity contribution < 1.29 is 13.7 Å². The number of carbonyl (C=O) groups is 1. The van der Waals surface area contributed by atoms with E-state index in [1.165, 1.54) is 6.07 Å². The molecule has 7 heteroatoms. The van der Waals surface area contributed by atoms with Crippen LogP contribution in [0.4, 0.5) is 10.2 Å². The van der Waals surface area contributed by atoms with Gasteiger partial charge in [0.15, 0.2) is 17.3 Å². The molecule has 1 aliphatic heterocycles. The van der Waals surface area contributed by atoms with Crippen molar-refractivity contribution in [1.29, 1.82) is 0 Å². The Labute approximate surface area is 127 Å². The number of aryl methyl sites for hydroxylation is 1. The Morgan fingerprint density at radius 2 is 2.23 bits per heavy atom. The molecular weight excluding hydrogens is 287 g/mol. The molecule has 0 unspecified atom stereocenters. The lowest BCUT2D eigenvalue weighted by Crippen LogP contribution is -2.45. The third-order valence-corrected chi connectivity index (χ3v) is 3.73. The van der Waals surface area contributed by atoms with Crippen molar-refractivity contribution in [3.05, 3.63) is 41.7 Å². The highest BCUT2D eigenvalue weighted by Crippen LogP contribution is 2.20. The van der Waals surface area contributed by atoms with Crippen LogP contribution in [0, 0.1) is 12.7 Å². The molecule has 0 aromatic carbocycles. The maximum Gasteiger partial charge on any atom is 0.273 e. The van der Waals surface area contributed by atoms with Gasteiger partial charge in [0, 0.05) is 31.4 Å². The molecule has 0 bridgehead atoms. The maximum atomic E-state index is 13.7. The van der Waals surface area contributed by atoms with E-state index < -0.39 is 0 Å². The number of anilines is 1. The largest absolute Gasteiger partial charge is 0.361 e. The zero-order valence-electron chi connectivity index (χ0n) is 12.3. The summed E-state index contributed by atoms with van der Waals surface area (Å²) in [5, 5.41) is 6.63. The summed E-state index contributed by atoms with van der Waals surface area (Å²) in [5.41, 5.74) is 0.288. The standard InChI is InChI=1S/C15H17FN4O2/c1-10-9-13(19-22-10)15(21)18-11-4-7-20(8-5-11)14-12(16)3-2-6-17-14/h2-3,6,9,11H,4-5,7-8H2,1H3,(H,18,21). The highest BCUT2D eigenvalue weighted by molar-refractivity contribution is 5.92. The third kappa shape index (κ3) is 3.08. The van der Waals surface area contributed by atoms with Crippen molar-refractivity contribution in [2.75, 3.05) is 18.0 Å². The first kappa shape index (κ1) is 14.5. The number of hydrogen-bond acceptors (Lipinski definition) is 5. The van der Waals surface area contributed by atoms with Crippen LogP contribution in [0.3, 0.4) is 0 Å². The average Bonchev–Trinajstić information content (AvgIpc) is 2.95. The van der Waals surface area contributed by atoms with E-state index in [9.17, 15) is 9.18 Å². The molecule has 2 aromatic rings. The molecule has 1 amide bonds. The second-order valence-corrected chi connectivity index (χ2v) is 5.37. The summed E-state index contributed by atoms with van der Waals surface area (Å²) in [4.78, 5) is 18.0. The van der Waals surface area contributed by atoms with Gasteiger partial charge in [-0.15, -0.1) is 0 Å². The van der Waals surface area contributed by atoms with Crippen LogP contribution < -0.4 is 10.2 Å². The van der Waals surface area contributed by atoms with Gasteiger partial charge in [-0.3, -0.25) is 4.79 Å². The molecule has 116 valence electrons. The SMILES string of the molecule is Cc1cc(C(=O)NC2CCN(c3ncccc3F)CC2)no1. The number of nitrogens with zero attached hydrogens (tertiary/aromatic N) is 3. The highest BCUT2D eigenvalue weighted by Gasteiger charge is 2.24. The molecule has 22 heavy (non-hydrogen) atoms. The Morgan fingerprint density at radius 3 is 2.86 bits per heavy atom. The minimum absolute atomic E-state index is 0.0486. The normalized spacial score (nSPS) is 15.8. The summed E-state index contributed by atoms with van der Waals surface area (Å²) >= 11 is 0. The lowest BCUT2D eigenvalue weighted by molar-refractivity contribution is 0.0922. The molecular formula is C15H17FN4O2. The van der Waals surface area contributed by atoms with Gasteiger partial charge in [0.25, 0.3) is 5.91 Å². The Morgan fingerprint density at radius 1 is 1.45 bits per heavy atom. The van der Waals surface area contributed by atoms with E-state index in [2.05, 4.69) is 15.5 Å². The lowest BCUT2D eigenvalue weighted by atomic mass is 10.0. The lowest BCUT2D eigenvalue weighted by Gasteiger charge is -2.33. The molecule has 0 aliphatic carbocycles. The number of pyridine rings is 1. The van der Waals surface area contributed by atoms with Gasteiger partial charge in [-0.05, 0) is 31.9 Å². The smallest absolute Gasteiger partial charge is 0.273 e. The minimum Gasteiger partial charge on any atom is -0.361 e. The molecule has 0 atom stereocenters. The molecule has 6 nitrogen and oxygen atoms in total. The number of aromatic nitrogens is 2. The fourth-order valence-electron chi connectivity index (χ4n) is 2.58. The van der Waals surface area contributed by atoms with Crippen molar-refractivity contribution in [2.24, 2.45) is 0 Å². The number of nitrogens with one attached hydrogen (secondary N) is 1. The van der Waals surface area contributed by atoms with Crippen molar-refractivity contribution in [3.8, 4) is 0 Å². The first-order valence-electron chi connectivity index (χ1n) is 7.23. The van der Waals surface area contributed by atoms with Crippen LogP contribution >= 0.6 is 0 Å². The van der Waals surface area contributed by atoms with Gasteiger partial charge >= 0.3 is 0 Å². The maximum absolute atomic E-state index is 13.7. The molecule has 0 spiro atoms. The van der Waals surface area contributed by atoms with Crippen molar-refractivity contribution >= 4 is 11.7 Å². The van der Waals surface area contributed by atoms with Crippen LogP contribution in [0.1, 0.15) is 29.1 Å². The summed E-state index contributed by atoms with van der Waals surface area (Å²) in [6.07, 6.45) is 3.05. The Kier molecular flexibility index (Phi) is 4.04. The van der Waals surface area contributed by atoms with Crippen molar-refractivity contribution in [2.45, 2.75) is 25.8 Å². The number of amides is 1. The average molecular weight is 304 g/mol. The van der Waals surface area contributed by atoms with E-state index >= 15 is 0 Å². The zero-order valence-corrected chi connectivity index (χ0v) is 12.3. The Balaban J connectivity index is 1.56. The fraction of sp³-hybridized carbons (Fsp3) is 0.400. The van der Waals surface area contributed by atoms with Crippen LogP contribution in [0.25, 0.3) is 0 Å². The molecule has 1 aliphatic rings. The number of halogens is 1. The van der Waals surface area contributed by atoms with Gasteiger partial charge in [0.05, 0.1) is 0 Å². The van der Waals surface area contributed by atoms with Crippen LogP contribution in [0.2, 0.25) is 0 Å². The quantitative estimate of drug-likeness (QED) is 0.938. The van der Waals surface area contributed by atoms with Gasteiger partial charge in [-0.2, -0.15) is 0 Å². The molecule has 1 fully saturated rings. The zero-order chi connectivity index (χ0) is 15.5. The van der Waals surface area contributed by atoms with Gasteiger partial charge in [-0.25, -0.2) is 9.37 Å². The summed E-state index contributed by atoms with van der Waals surface area (Å²) in [7, 11) is 0. The first-order valence-corrected chi connectivity index (χ1v) is 7.23. The molecule has 3 heterocycles. The highest BCUT2D eigenvalue weighted by atomic mass is 19.1.